The Kier molecular flexibility index (Phi) is 4.65. The maximum Gasteiger partial charge on any atom is -0.00627 e. The van der Waals surface area contributed by atoms with Crippen molar-refractivity contribution in [2.24, 2.45) is 11.8 Å². The van der Waals surface area contributed by atoms with Crippen LogP contribution in [0.15, 0.2) is 30.5 Å². The van der Waals surface area contributed by atoms with Crippen LogP contribution in [0.1, 0.15) is 27.2 Å². The van der Waals surface area contributed by atoms with Crippen molar-refractivity contribution < 1.29 is 0 Å². The Labute approximate surface area is 70.3 Å². The highest BCUT2D eigenvalue weighted by Crippen LogP contribution is 2.20. The van der Waals surface area contributed by atoms with Crippen molar-refractivity contribution in [3.05, 3.63) is 30.5 Å². The quantitative estimate of drug-likeness (QED) is 0.424. The van der Waals surface area contributed by atoms with Crippen LogP contribution in [0.25, 0.3) is 0 Å². The average molecular weight is 150 g/mol. The Morgan fingerprint density at radius 2 is 2.00 bits per heavy atom. The molecule has 0 aliphatic heterocycles. The molecule has 0 heteroatoms. The molecule has 0 aliphatic carbocycles. The Hall–Kier alpha value is -0.740. The van der Waals surface area contributed by atoms with Gasteiger partial charge in [-0.05, 0) is 24.3 Å². The van der Waals surface area contributed by atoms with Gasteiger partial charge in [-0.15, -0.1) is 5.73 Å². The molecule has 0 aromatic carbocycles. The van der Waals surface area contributed by atoms with E-state index in [2.05, 4.69) is 39.7 Å². The zero-order valence-electron chi connectivity index (χ0n) is 7.85. The molecule has 0 N–H and O–H groups in total. The van der Waals surface area contributed by atoms with Crippen LogP contribution in [0.2, 0.25) is 0 Å². The molecule has 0 saturated carbocycles. The molecule has 62 valence electrons. The molecule has 0 amide bonds. The topological polar surface area (TPSA) is 0 Å². The Bertz CT molecular complexity index is 168. The molecule has 1 atom stereocenters. The smallest absolute Gasteiger partial charge is 0.00627 e. The van der Waals surface area contributed by atoms with E-state index in [1.54, 1.807) is 0 Å². The van der Waals surface area contributed by atoms with Crippen LogP contribution >= 0.6 is 0 Å². The van der Waals surface area contributed by atoms with Gasteiger partial charge >= 0.3 is 0 Å². The molecule has 1 unspecified atom stereocenters. The minimum Gasteiger partial charge on any atom is -0.133 e. The molecule has 0 radical (unpaired) electrons. The Balaban J connectivity index is 3.92. The second-order valence-electron chi connectivity index (χ2n) is 3.30. The van der Waals surface area contributed by atoms with Gasteiger partial charge in [-0.2, -0.15) is 0 Å². The third-order valence-electron chi connectivity index (χ3n) is 2.15. The van der Waals surface area contributed by atoms with Crippen molar-refractivity contribution in [2.75, 3.05) is 0 Å². The normalized spacial score (nSPS) is 12.4. The summed E-state index contributed by atoms with van der Waals surface area (Å²) in [6.07, 6.45) is 2.85. The van der Waals surface area contributed by atoms with Gasteiger partial charge in [0.25, 0.3) is 0 Å². The van der Waals surface area contributed by atoms with Gasteiger partial charge in [-0.3, -0.25) is 0 Å². The van der Waals surface area contributed by atoms with Gasteiger partial charge in [0, 0.05) is 0 Å². The third-order valence-corrected chi connectivity index (χ3v) is 2.15. The van der Waals surface area contributed by atoms with Crippen molar-refractivity contribution in [2.45, 2.75) is 27.2 Å². The van der Waals surface area contributed by atoms with E-state index in [1.165, 1.54) is 5.57 Å². The fourth-order valence-corrected chi connectivity index (χ4v) is 0.861. The van der Waals surface area contributed by atoms with Gasteiger partial charge in [-0.1, -0.05) is 39.5 Å². The molecule has 0 fully saturated rings. The number of allylic oxidation sites excluding steroid dienone is 2. The highest BCUT2D eigenvalue weighted by Gasteiger charge is 2.08. The van der Waals surface area contributed by atoms with Crippen molar-refractivity contribution >= 4 is 0 Å². The molecule has 0 heterocycles. The lowest BCUT2D eigenvalue weighted by Gasteiger charge is -2.16. The third kappa shape index (κ3) is 3.85. The summed E-state index contributed by atoms with van der Waals surface area (Å²) in [6, 6.07) is 0. The summed E-state index contributed by atoms with van der Waals surface area (Å²) in [6.45, 7) is 14.2. The van der Waals surface area contributed by atoms with Crippen molar-refractivity contribution in [1.29, 1.82) is 0 Å². The molecule has 0 bridgehead atoms. The van der Waals surface area contributed by atoms with Crippen molar-refractivity contribution in [3.63, 3.8) is 0 Å². The van der Waals surface area contributed by atoms with Crippen LogP contribution in [-0.2, 0) is 0 Å². The number of hydrogen-bond acceptors (Lipinski definition) is 0. The lowest BCUT2D eigenvalue weighted by atomic mass is 9.89. The van der Waals surface area contributed by atoms with Gasteiger partial charge < -0.3 is 0 Å². The Morgan fingerprint density at radius 3 is 2.36 bits per heavy atom. The van der Waals surface area contributed by atoms with E-state index in [0.717, 1.165) is 6.42 Å². The molecule has 0 aromatic heterocycles. The molecule has 0 aliphatic rings. The highest BCUT2D eigenvalue weighted by atomic mass is 14.1. The molecular weight excluding hydrogens is 132 g/mol. The first-order chi connectivity index (χ1) is 5.09. The van der Waals surface area contributed by atoms with Crippen LogP contribution in [0.4, 0.5) is 0 Å². The zero-order chi connectivity index (χ0) is 8.85. The molecule has 0 spiro atoms. The minimum absolute atomic E-state index is 0.597. The van der Waals surface area contributed by atoms with Gasteiger partial charge in [0.15, 0.2) is 0 Å². The molecule has 0 saturated heterocycles. The lowest BCUT2D eigenvalue weighted by molar-refractivity contribution is 0.475. The van der Waals surface area contributed by atoms with Crippen LogP contribution in [0.3, 0.4) is 0 Å². The van der Waals surface area contributed by atoms with Gasteiger partial charge in [-0.25, -0.2) is 0 Å². The lowest BCUT2D eigenvalue weighted by Crippen LogP contribution is -2.05. The van der Waals surface area contributed by atoms with E-state index >= 15 is 0 Å². The molecule has 0 rings (SSSR count). The van der Waals surface area contributed by atoms with E-state index in [0.29, 0.717) is 11.8 Å². The molecule has 0 nitrogen and oxygen atoms in total. The molecule has 11 heavy (non-hydrogen) atoms. The summed E-state index contributed by atoms with van der Waals surface area (Å²) >= 11 is 0. The Morgan fingerprint density at radius 1 is 1.45 bits per heavy atom. The predicted octanol–water partition coefficient (Wildman–Crippen LogP) is 3.57. The van der Waals surface area contributed by atoms with Crippen LogP contribution < -0.4 is 0 Å². The van der Waals surface area contributed by atoms with Crippen molar-refractivity contribution in [3.8, 4) is 0 Å². The maximum atomic E-state index is 4.01. The standard InChI is InChI=1S/C11H18/c1-6-7-8-10(4)11(5)9(2)3/h7,9,11H,1,4,8H2,2-3,5H3. The van der Waals surface area contributed by atoms with Crippen LogP contribution in [0.5, 0.6) is 0 Å². The fourth-order valence-electron chi connectivity index (χ4n) is 0.861. The second-order valence-corrected chi connectivity index (χ2v) is 3.30. The molecular formula is C11H18. The van der Waals surface area contributed by atoms with Gasteiger partial charge in [0.1, 0.15) is 0 Å². The first kappa shape index (κ1) is 10.3. The average Bonchev–Trinajstić information content (AvgIpc) is 1.98. The maximum absolute atomic E-state index is 4.01. The van der Waals surface area contributed by atoms with Crippen LogP contribution in [-0.4, -0.2) is 0 Å². The summed E-state index contributed by atoms with van der Waals surface area (Å²) in [4.78, 5) is 0. The summed E-state index contributed by atoms with van der Waals surface area (Å²) in [7, 11) is 0. The summed E-state index contributed by atoms with van der Waals surface area (Å²) in [5, 5.41) is 0. The summed E-state index contributed by atoms with van der Waals surface area (Å²) < 4.78 is 0. The van der Waals surface area contributed by atoms with E-state index in [1.807, 2.05) is 6.08 Å². The SMILES string of the molecule is C=C=CCC(=C)C(C)C(C)C. The highest BCUT2D eigenvalue weighted by molar-refractivity contribution is 5.05. The number of rotatable bonds is 4. The fraction of sp³-hybridized carbons (Fsp3) is 0.545. The zero-order valence-corrected chi connectivity index (χ0v) is 7.85. The van der Waals surface area contributed by atoms with E-state index < -0.39 is 0 Å². The minimum atomic E-state index is 0.597. The van der Waals surface area contributed by atoms with Crippen LogP contribution in [0, 0.1) is 11.8 Å². The van der Waals surface area contributed by atoms with Crippen molar-refractivity contribution in [1.82, 2.24) is 0 Å². The molecule has 0 aromatic rings. The first-order valence-electron chi connectivity index (χ1n) is 4.11. The summed E-state index contributed by atoms with van der Waals surface area (Å²) in [5.41, 5.74) is 4.03. The first-order valence-corrected chi connectivity index (χ1v) is 4.11. The predicted molar refractivity (Wildman–Crippen MR) is 51.5 cm³/mol. The summed E-state index contributed by atoms with van der Waals surface area (Å²) in [5.74, 6) is 1.28. The number of hydrogen-bond donors (Lipinski definition) is 0. The van der Waals surface area contributed by atoms with Gasteiger partial charge in [0.05, 0.1) is 0 Å². The monoisotopic (exact) mass is 150 g/mol. The largest absolute Gasteiger partial charge is 0.133 e. The van der Waals surface area contributed by atoms with E-state index in [4.69, 9.17) is 0 Å². The second kappa shape index (κ2) is 4.98. The van der Waals surface area contributed by atoms with E-state index in [9.17, 15) is 0 Å². The van der Waals surface area contributed by atoms with Gasteiger partial charge in [0.2, 0.25) is 0 Å². The van der Waals surface area contributed by atoms with E-state index in [-0.39, 0.29) is 0 Å².